The maximum Gasteiger partial charge on any atom is 0.243 e. The van der Waals surface area contributed by atoms with Gasteiger partial charge in [-0.05, 0) is 45.1 Å². The third kappa shape index (κ3) is 2.16. The molecular weight excluding hydrogens is 268 g/mol. The molecule has 3 fully saturated rings. The summed E-state index contributed by atoms with van der Waals surface area (Å²) in [5.74, 6) is 1.57. The summed E-state index contributed by atoms with van der Waals surface area (Å²) < 4.78 is 5.51. The van der Waals surface area contributed by atoms with Gasteiger partial charge in [-0.25, -0.2) is 0 Å². The number of amides is 1. The lowest BCUT2D eigenvalue weighted by Crippen LogP contribution is -2.60. The number of carbonyl (C=O) groups is 1. The Balaban J connectivity index is 1.57. The third-order valence-electron chi connectivity index (χ3n) is 5.15. The van der Waals surface area contributed by atoms with Crippen LogP contribution < -0.4 is 0 Å². The van der Waals surface area contributed by atoms with Gasteiger partial charge in [-0.1, -0.05) is 0 Å². The largest absolute Gasteiger partial charge is 0.424 e. The van der Waals surface area contributed by atoms with E-state index in [0.29, 0.717) is 30.3 Å². The fourth-order valence-corrected chi connectivity index (χ4v) is 4.01. The molecule has 3 aliphatic rings. The van der Waals surface area contributed by atoms with Crippen LogP contribution in [0.4, 0.5) is 0 Å². The fourth-order valence-electron chi connectivity index (χ4n) is 4.01. The molecule has 0 radical (unpaired) electrons. The summed E-state index contributed by atoms with van der Waals surface area (Å²) in [6.45, 7) is 4.30. The van der Waals surface area contributed by atoms with Crippen molar-refractivity contribution in [1.29, 1.82) is 0 Å². The average Bonchev–Trinajstić information content (AvgIpc) is 3.12. The minimum absolute atomic E-state index is 0.302. The molecule has 6 heteroatoms. The van der Waals surface area contributed by atoms with Gasteiger partial charge in [0.1, 0.15) is 5.54 Å². The van der Waals surface area contributed by atoms with Crippen molar-refractivity contribution in [2.24, 2.45) is 0 Å². The Morgan fingerprint density at radius 3 is 2.67 bits per heavy atom. The van der Waals surface area contributed by atoms with Crippen LogP contribution in [-0.2, 0) is 11.3 Å². The first kappa shape index (κ1) is 13.2. The maximum atomic E-state index is 13.1. The Morgan fingerprint density at radius 1 is 1.24 bits per heavy atom. The molecule has 1 atom stereocenters. The number of aromatic nitrogens is 2. The molecule has 2 aliphatic heterocycles. The summed E-state index contributed by atoms with van der Waals surface area (Å²) >= 11 is 0. The van der Waals surface area contributed by atoms with Gasteiger partial charge in [0.05, 0.1) is 6.54 Å². The van der Waals surface area contributed by atoms with Crippen LogP contribution in [0.15, 0.2) is 4.42 Å². The van der Waals surface area contributed by atoms with E-state index in [-0.39, 0.29) is 5.54 Å². The van der Waals surface area contributed by atoms with Crippen molar-refractivity contribution in [3.05, 3.63) is 11.8 Å². The number of carbonyl (C=O) groups excluding carboxylic acids is 1. The smallest absolute Gasteiger partial charge is 0.243 e. The van der Waals surface area contributed by atoms with Crippen LogP contribution in [0.25, 0.3) is 0 Å². The normalized spacial score (nSPS) is 30.5. The first-order valence-electron chi connectivity index (χ1n) is 8.04. The first-order valence-corrected chi connectivity index (χ1v) is 8.04. The van der Waals surface area contributed by atoms with Crippen LogP contribution >= 0.6 is 0 Å². The van der Waals surface area contributed by atoms with Crippen molar-refractivity contribution in [2.75, 3.05) is 13.1 Å². The quantitative estimate of drug-likeness (QED) is 0.844. The summed E-state index contributed by atoms with van der Waals surface area (Å²) in [7, 11) is 0. The number of aryl methyl sites for hydroxylation is 1. The number of piperidine rings is 1. The molecule has 1 aromatic rings. The lowest BCUT2D eigenvalue weighted by atomic mass is 9.85. The lowest BCUT2D eigenvalue weighted by Gasteiger charge is -2.44. The molecule has 1 unspecified atom stereocenters. The van der Waals surface area contributed by atoms with E-state index in [1.165, 1.54) is 12.8 Å². The number of hydrogen-bond acceptors (Lipinski definition) is 5. The zero-order valence-electron chi connectivity index (χ0n) is 12.5. The van der Waals surface area contributed by atoms with Crippen LogP contribution in [-0.4, -0.2) is 50.6 Å². The predicted octanol–water partition coefficient (Wildman–Crippen LogP) is 1.50. The molecular formula is C15H22N4O2. The highest BCUT2D eigenvalue weighted by atomic mass is 16.4. The Morgan fingerprint density at radius 2 is 2.00 bits per heavy atom. The lowest BCUT2D eigenvalue weighted by molar-refractivity contribution is -0.148. The molecule has 1 aromatic heterocycles. The van der Waals surface area contributed by atoms with Crippen molar-refractivity contribution in [3.63, 3.8) is 0 Å². The van der Waals surface area contributed by atoms with E-state index in [9.17, 15) is 4.79 Å². The van der Waals surface area contributed by atoms with Gasteiger partial charge >= 0.3 is 0 Å². The molecule has 1 aliphatic carbocycles. The van der Waals surface area contributed by atoms with Gasteiger partial charge in [-0.15, -0.1) is 10.2 Å². The monoisotopic (exact) mass is 290 g/mol. The molecule has 2 saturated heterocycles. The van der Waals surface area contributed by atoms with Crippen molar-refractivity contribution in [1.82, 2.24) is 20.0 Å². The minimum Gasteiger partial charge on any atom is -0.424 e. The molecule has 4 rings (SSSR count). The Kier molecular flexibility index (Phi) is 3.03. The second kappa shape index (κ2) is 4.80. The SMILES string of the molecule is Cc1nnc(CN2CCCC23CCCN(C2CC2)C3=O)o1. The van der Waals surface area contributed by atoms with Crippen LogP contribution in [0, 0.1) is 6.92 Å². The van der Waals surface area contributed by atoms with Crippen molar-refractivity contribution < 1.29 is 9.21 Å². The summed E-state index contributed by atoms with van der Waals surface area (Å²) in [4.78, 5) is 17.5. The van der Waals surface area contributed by atoms with Gasteiger partial charge in [0.2, 0.25) is 17.7 Å². The minimum atomic E-state index is -0.302. The Labute approximate surface area is 124 Å². The standard InChI is InChI=1S/C15H22N4O2/c1-11-16-17-13(21-11)10-18-8-2-6-15(18)7-3-9-19(14(15)20)12-4-5-12/h12H,2-10H2,1H3. The molecule has 3 heterocycles. The molecule has 114 valence electrons. The maximum absolute atomic E-state index is 13.1. The van der Waals surface area contributed by atoms with E-state index in [1.807, 2.05) is 0 Å². The van der Waals surface area contributed by atoms with Gasteiger partial charge in [0.15, 0.2) is 0 Å². The Bertz CT molecular complexity index is 554. The zero-order chi connectivity index (χ0) is 14.4. The van der Waals surface area contributed by atoms with E-state index >= 15 is 0 Å². The Hall–Kier alpha value is -1.43. The second-order valence-corrected chi connectivity index (χ2v) is 6.60. The summed E-state index contributed by atoms with van der Waals surface area (Å²) in [5, 5.41) is 7.99. The van der Waals surface area contributed by atoms with Crippen LogP contribution in [0.5, 0.6) is 0 Å². The van der Waals surface area contributed by atoms with Crippen LogP contribution in [0.2, 0.25) is 0 Å². The summed E-state index contributed by atoms with van der Waals surface area (Å²) in [6.07, 6.45) is 6.51. The van der Waals surface area contributed by atoms with Gasteiger partial charge in [0, 0.05) is 19.5 Å². The third-order valence-corrected chi connectivity index (χ3v) is 5.15. The molecule has 0 bridgehead atoms. The molecule has 21 heavy (non-hydrogen) atoms. The van der Waals surface area contributed by atoms with Gasteiger partial charge in [-0.2, -0.15) is 0 Å². The average molecular weight is 290 g/mol. The highest BCUT2D eigenvalue weighted by molar-refractivity contribution is 5.88. The summed E-state index contributed by atoms with van der Waals surface area (Å²) in [6, 6.07) is 0.516. The van der Waals surface area contributed by atoms with E-state index in [4.69, 9.17) is 4.42 Å². The van der Waals surface area contributed by atoms with Crippen molar-refractivity contribution in [3.8, 4) is 0 Å². The van der Waals surface area contributed by atoms with E-state index in [0.717, 1.165) is 38.8 Å². The number of nitrogens with zero attached hydrogens (tertiary/aromatic N) is 4. The van der Waals surface area contributed by atoms with E-state index in [2.05, 4.69) is 20.0 Å². The molecule has 6 nitrogen and oxygen atoms in total. The second-order valence-electron chi connectivity index (χ2n) is 6.60. The first-order chi connectivity index (χ1) is 10.2. The van der Waals surface area contributed by atoms with Crippen molar-refractivity contribution >= 4 is 5.91 Å². The van der Waals surface area contributed by atoms with Gasteiger partial charge < -0.3 is 9.32 Å². The molecule has 1 spiro atoms. The molecule has 0 N–H and O–H groups in total. The highest BCUT2D eigenvalue weighted by Gasteiger charge is 2.53. The molecule has 0 aromatic carbocycles. The fraction of sp³-hybridized carbons (Fsp3) is 0.800. The molecule has 1 saturated carbocycles. The highest BCUT2D eigenvalue weighted by Crippen LogP contribution is 2.42. The number of hydrogen-bond donors (Lipinski definition) is 0. The van der Waals surface area contributed by atoms with E-state index in [1.54, 1.807) is 6.92 Å². The predicted molar refractivity (Wildman–Crippen MR) is 75.4 cm³/mol. The van der Waals surface area contributed by atoms with Crippen LogP contribution in [0.3, 0.4) is 0 Å². The molecule has 1 amide bonds. The van der Waals surface area contributed by atoms with Crippen LogP contribution in [0.1, 0.15) is 50.3 Å². The van der Waals surface area contributed by atoms with E-state index < -0.39 is 0 Å². The van der Waals surface area contributed by atoms with Crippen molar-refractivity contribution in [2.45, 2.75) is 63.6 Å². The topological polar surface area (TPSA) is 62.5 Å². The number of rotatable bonds is 3. The van der Waals surface area contributed by atoms with Gasteiger partial charge in [0.25, 0.3) is 0 Å². The van der Waals surface area contributed by atoms with Gasteiger partial charge in [-0.3, -0.25) is 9.69 Å². The summed E-state index contributed by atoms with van der Waals surface area (Å²) in [5.41, 5.74) is -0.302. The zero-order valence-corrected chi connectivity index (χ0v) is 12.5. The number of likely N-dealkylation sites (tertiary alicyclic amines) is 2.